The van der Waals surface area contributed by atoms with E-state index in [0.717, 1.165) is 12.8 Å². The van der Waals surface area contributed by atoms with E-state index < -0.39 is 0 Å². The van der Waals surface area contributed by atoms with Crippen molar-refractivity contribution in [3.8, 4) is 6.07 Å². The number of hydrogen-bond acceptors (Lipinski definition) is 4. The van der Waals surface area contributed by atoms with Gasteiger partial charge in [-0.3, -0.25) is 9.59 Å². The van der Waals surface area contributed by atoms with Gasteiger partial charge in [-0.05, 0) is 25.0 Å². The molecule has 0 atom stereocenters. The predicted octanol–water partition coefficient (Wildman–Crippen LogP) is 0.694. The lowest BCUT2D eigenvalue weighted by Crippen LogP contribution is -2.46. The number of nitriles is 1. The maximum Gasteiger partial charge on any atom is 0.272 e. The highest BCUT2D eigenvalue weighted by Crippen LogP contribution is 2.13. The molecule has 0 bridgehead atoms. The van der Waals surface area contributed by atoms with E-state index >= 15 is 0 Å². The zero-order valence-corrected chi connectivity index (χ0v) is 11.3. The summed E-state index contributed by atoms with van der Waals surface area (Å²) < 4.78 is 0. The summed E-state index contributed by atoms with van der Waals surface area (Å²) in [5.41, 5.74) is 0.785. The second kappa shape index (κ2) is 6.15. The Bertz CT molecular complexity index is 539. The van der Waals surface area contributed by atoms with E-state index in [1.165, 1.54) is 13.1 Å². The first kappa shape index (κ1) is 14.0. The number of likely N-dealkylation sites (tertiary alicyclic amines) is 1. The molecule has 0 aromatic carbocycles. The van der Waals surface area contributed by atoms with Gasteiger partial charge in [-0.2, -0.15) is 5.26 Å². The van der Waals surface area contributed by atoms with Gasteiger partial charge in [-0.15, -0.1) is 0 Å². The molecule has 1 saturated heterocycles. The van der Waals surface area contributed by atoms with Crippen molar-refractivity contribution in [3.63, 3.8) is 0 Å². The van der Waals surface area contributed by atoms with Crippen LogP contribution in [0.3, 0.4) is 0 Å². The van der Waals surface area contributed by atoms with E-state index in [2.05, 4.69) is 10.3 Å². The Balaban J connectivity index is 1.94. The van der Waals surface area contributed by atoms with Crippen LogP contribution < -0.4 is 5.32 Å². The highest BCUT2D eigenvalue weighted by atomic mass is 16.2. The van der Waals surface area contributed by atoms with Gasteiger partial charge in [-0.1, -0.05) is 0 Å². The first-order valence-electron chi connectivity index (χ1n) is 6.52. The molecule has 0 radical (unpaired) electrons. The van der Waals surface area contributed by atoms with Crippen LogP contribution in [0, 0.1) is 11.3 Å². The molecule has 20 heavy (non-hydrogen) atoms. The molecule has 1 aromatic rings. The summed E-state index contributed by atoms with van der Waals surface area (Å²) in [5, 5.41) is 11.6. The van der Waals surface area contributed by atoms with Gasteiger partial charge in [0, 0.05) is 32.3 Å². The van der Waals surface area contributed by atoms with Crippen LogP contribution in [0.5, 0.6) is 0 Å². The second-order valence-corrected chi connectivity index (χ2v) is 4.81. The maximum absolute atomic E-state index is 12.2. The van der Waals surface area contributed by atoms with Crippen molar-refractivity contribution in [2.75, 3.05) is 13.1 Å². The van der Waals surface area contributed by atoms with Crippen LogP contribution in [-0.2, 0) is 4.79 Å². The summed E-state index contributed by atoms with van der Waals surface area (Å²) in [6.07, 6.45) is 2.90. The molecule has 0 spiro atoms. The lowest BCUT2D eigenvalue weighted by molar-refractivity contribution is -0.119. The second-order valence-electron chi connectivity index (χ2n) is 4.81. The molecular formula is C14H16N4O2. The first-order valence-corrected chi connectivity index (χ1v) is 6.52. The Morgan fingerprint density at radius 2 is 2.10 bits per heavy atom. The standard InChI is InChI=1S/C14H16N4O2/c1-10(19)17-12-4-6-18(7-5-12)14(20)13-3-2-11(8-15)9-16-13/h2-3,9,12H,4-7H2,1H3,(H,17,19). The molecule has 6 nitrogen and oxygen atoms in total. The largest absolute Gasteiger partial charge is 0.353 e. The fourth-order valence-electron chi connectivity index (χ4n) is 2.26. The van der Waals surface area contributed by atoms with Gasteiger partial charge in [0.25, 0.3) is 5.91 Å². The molecule has 0 unspecified atom stereocenters. The summed E-state index contributed by atoms with van der Waals surface area (Å²) in [5.74, 6) is -0.167. The smallest absolute Gasteiger partial charge is 0.272 e. The number of carbonyl (C=O) groups is 2. The van der Waals surface area contributed by atoms with E-state index in [0.29, 0.717) is 24.3 Å². The summed E-state index contributed by atoms with van der Waals surface area (Å²) in [6.45, 7) is 2.70. The van der Waals surface area contributed by atoms with Crippen molar-refractivity contribution in [1.82, 2.24) is 15.2 Å². The van der Waals surface area contributed by atoms with Gasteiger partial charge < -0.3 is 10.2 Å². The van der Waals surface area contributed by atoms with Crippen molar-refractivity contribution in [3.05, 3.63) is 29.6 Å². The molecule has 104 valence electrons. The molecule has 2 amide bonds. The van der Waals surface area contributed by atoms with Crippen LogP contribution in [0.15, 0.2) is 18.3 Å². The number of hydrogen-bond donors (Lipinski definition) is 1. The Morgan fingerprint density at radius 3 is 2.60 bits per heavy atom. The third kappa shape index (κ3) is 3.32. The highest BCUT2D eigenvalue weighted by Gasteiger charge is 2.24. The third-order valence-corrected chi connectivity index (χ3v) is 3.30. The third-order valence-electron chi connectivity index (χ3n) is 3.30. The van der Waals surface area contributed by atoms with Gasteiger partial charge in [-0.25, -0.2) is 4.98 Å². The Labute approximate surface area is 117 Å². The zero-order chi connectivity index (χ0) is 14.5. The Hall–Kier alpha value is -2.42. The Morgan fingerprint density at radius 1 is 1.40 bits per heavy atom. The van der Waals surface area contributed by atoms with E-state index in [1.807, 2.05) is 6.07 Å². The first-order chi connectivity index (χ1) is 9.60. The van der Waals surface area contributed by atoms with Crippen molar-refractivity contribution < 1.29 is 9.59 Å². The van der Waals surface area contributed by atoms with E-state index in [1.54, 1.807) is 17.0 Å². The van der Waals surface area contributed by atoms with Crippen LogP contribution in [0.1, 0.15) is 35.8 Å². The van der Waals surface area contributed by atoms with Crippen LogP contribution in [0.4, 0.5) is 0 Å². The molecule has 0 saturated carbocycles. The molecular weight excluding hydrogens is 256 g/mol. The Kier molecular flexibility index (Phi) is 4.31. The topological polar surface area (TPSA) is 86.1 Å². The molecule has 1 aliphatic rings. The quantitative estimate of drug-likeness (QED) is 0.858. The summed E-state index contributed by atoms with van der Waals surface area (Å²) in [4.78, 5) is 28.9. The van der Waals surface area contributed by atoms with Gasteiger partial charge in [0.15, 0.2) is 0 Å². The van der Waals surface area contributed by atoms with Gasteiger partial charge >= 0.3 is 0 Å². The minimum absolute atomic E-state index is 0.0384. The van der Waals surface area contributed by atoms with E-state index in [4.69, 9.17) is 5.26 Å². The van der Waals surface area contributed by atoms with Gasteiger partial charge in [0.1, 0.15) is 11.8 Å². The average molecular weight is 272 g/mol. The monoisotopic (exact) mass is 272 g/mol. The molecule has 1 aromatic heterocycles. The normalized spacial score (nSPS) is 15.5. The van der Waals surface area contributed by atoms with Crippen LogP contribution >= 0.6 is 0 Å². The molecule has 1 N–H and O–H groups in total. The highest BCUT2D eigenvalue weighted by molar-refractivity contribution is 5.92. The summed E-state index contributed by atoms with van der Waals surface area (Å²) in [7, 11) is 0. The average Bonchev–Trinajstić information content (AvgIpc) is 2.47. The number of piperidine rings is 1. The van der Waals surface area contributed by atoms with Crippen molar-refractivity contribution in [2.24, 2.45) is 0 Å². The number of nitrogens with one attached hydrogen (secondary N) is 1. The molecule has 1 aliphatic heterocycles. The number of pyridine rings is 1. The van der Waals surface area contributed by atoms with Gasteiger partial charge in [0.05, 0.1) is 5.56 Å². The molecule has 2 rings (SSSR count). The number of nitrogens with zero attached hydrogens (tertiary/aromatic N) is 3. The molecule has 6 heteroatoms. The summed E-state index contributed by atoms with van der Waals surface area (Å²) in [6, 6.07) is 5.27. The molecule has 0 aliphatic carbocycles. The van der Waals surface area contributed by atoms with Crippen molar-refractivity contribution in [2.45, 2.75) is 25.8 Å². The van der Waals surface area contributed by atoms with Gasteiger partial charge in [0.2, 0.25) is 5.91 Å². The molecule has 1 fully saturated rings. The zero-order valence-electron chi connectivity index (χ0n) is 11.3. The predicted molar refractivity (Wildman–Crippen MR) is 71.7 cm³/mol. The minimum atomic E-state index is -0.129. The SMILES string of the molecule is CC(=O)NC1CCN(C(=O)c2ccc(C#N)cn2)CC1. The number of aromatic nitrogens is 1. The van der Waals surface area contributed by atoms with Crippen LogP contribution in [0.2, 0.25) is 0 Å². The fourth-order valence-corrected chi connectivity index (χ4v) is 2.26. The van der Waals surface area contributed by atoms with E-state index in [-0.39, 0.29) is 17.9 Å². The lowest BCUT2D eigenvalue weighted by Gasteiger charge is -2.32. The van der Waals surface area contributed by atoms with Crippen LogP contribution in [0.25, 0.3) is 0 Å². The fraction of sp³-hybridized carbons (Fsp3) is 0.429. The summed E-state index contributed by atoms with van der Waals surface area (Å²) >= 11 is 0. The molecule has 2 heterocycles. The van der Waals surface area contributed by atoms with E-state index in [9.17, 15) is 9.59 Å². The van der Waals surface area contributed by atoms with Crippen molar-refractivity contribution in [1.29, 1.82) is 5.26 Å². The number of amides is 2. The lowest BCUT2D eigenvalue weighted by atomic mass is 10.0. The number of rotatable bonds is 2. The van der Waals surface area contributed by atoms with Crippen LogP contribution in [-0.4, -0.2) is 40.8 Å². The number of carbonyl (C=O) groups excluding carboxylic acids is 2. The minimum Gasteiger partial charge on any atom is -0.353 e. The maximum atomic E-state index is 12.2. The van der Waals surface area contributed by atoms with Crippen molar-refractivity contribution >= 4 is 11.8 Å².